The third-order valence-corrected chi connectivity index (χ3v) is 5.19. The van der Waals surface area contributed by atoms with Gasteiger partial charge in [-0.15, -0.1) is 0 Å². The number of hydrogen-bond donors (Lipinski definition) is 0. The van der Waals surface area contributed by atoms with E-state index < -0.39 is 36.3 Å². The maximum Gasteiger partial charge on any atom is 0.387 e. The van der Waals surface area contributed by atoms with Crippen LogP contribution in [0.4, 0.5) is 28.9 Å². The molecule has 0 unspecified atom stereocenters. The molecule has 198 valence electrons. The Bertz CT molecular complexity index is 1260. The number of hydrogen-bond acceptors (Lipinski definition) is 6. The first-order valence-electron chi connectivity index (χ1n) is 10.8. The summed E-state index contributed by atoms with van der Waals surface area (Å²) in [5.74, 6) is -1.78. The molecule has 6 nitrogen and oxygen atoms in total. The van der Waals surface area contributed by atoms with Gasteiger partial charge in [-0.1, -0.05) is 29.3 Å². The summed E-state index contributed by atoms with van der Waals surface area (Å²) in [7, 11) is 0. The average molecular weight is 561 g/mol. The van der Waals surface area contributed by atoms with Crippen molar-refractivity contribution in [2.24, 2.45) is 0 Å². The number of halogens is 6. The summed E-state index contributed by atoms with van der Waals surface area (Å²) in [4.78, 5) is 18.5. The number of alkyl halides is 4. The monoisotopic (exact) mass is 560 g/mol. The van der Waals surface area contributed by atoms with Crippen LogP contribution in [0.15, 0.2) is 54.7 Å². The van der Waals surface area contributed by atoms with E-state index in [2.05, 4.69) is 14.5 Å². The number of aromatic nitrogens is 1. The van der Waals surface area contributed by atoms with Crippen LogP contribution in [0.1, 0.15) is 36.8 Å². The molecule has 2 aromatic carbocycles. The van der Waals surface area contributed by atoms with Crippen LogP contribution in [0.2, 0.25) is 10.0 Å². The first-order valence-corrected chi connectivity index (χ1v) is 11.5. The van der Waals surface area contributed by atoms with Gasteiger partial charge >= 0.3 is 19.2 Å². The SMILES string of the molecule is CC(C)(C)OC(=O)c1cccc(N(Cc2ncc(Cl)cc2Cl)c2ccc(OC(F)F)c(OC(F)F)c2)c1. The van der Waals surface area contributed by atoms with Gasteiger partial charge in [-0.2, -0.15) is 17.6 Å². The van der Waals surface area contributed by atoms with E-state index in [9.17, 15) is 22.4 Å². The third-order valence-electron chi connectivity index (χ3n) is 4.66. The summed E-state index contributed by atoms with van der Waals surface area (Å²) in [5.41, 5.74) is 0.482. The molecule has 0 bridgehead atoms. The van der Waals surface area contributed by atoms with E-state index >= 15 is 0 Å². The molecule has 0 saturated heterocycles. The molecule has 0 aliphatic heterocycles. The second kappa shape index (κ2) is 11.9. The number of carbonyl (C=O) groups is 1. The predicted octanol–water partition coefficient (Wildman–Crippen LogP) is 7.88. The lowest BCUT2D eigenvalue weighted by atomic mass is 10.1. The minimum absolute atomic E-state index is 0.0169. The van der Waals surface area contributed by atoms with Gasteiger partial charge in [0.05, 0.1) is 27.8 Å². The van der Waals surface area contributed by atoms with Gasteiger partial charge in [0.2, 0.25) is 0 Å². The summed E-state index contributed by atoms with van der Waals surface area (Å²) in [6.45, 7) is -1.40. The van der Waals surface area contributed by atoms with E-state index in [-0.39, 0.29) is 22.8 Å². The Kier molecular flexibility index (Phi) is 9.09. The van der Waals surface area contributed by atoms with Gasteiger partial charge in [-0.05, 0) is 57.2 Å². The molecule has 37 heavy (non-hydrogen) atoms. The summed E-state index contributed by atoms with van der Waals surface area (Å²) in [6, 6.07) is 11.3. The van der Waals surface area contributed by atoms with Crippen LogP contribution in [0.25, 0.3) is 0 Å². The Morgan fingerprint density at radius 1 is 0.946 bits per heavy atom. The number of anilines is 2. The zero-order valence-electron chi connectivity index (χ0n) is 19.9. The van der Waals surface area contributed by atoms with Gasteiger partial charge in [0.1, 0.15) is 5.60 Å². The molecule has 0 fully saturated rings. The van der Waals surface area contributed by atoms with Gasteiger partial charge < -0.3 is 19.1 Å². The molecule has 0 aliphatic rings. The van der Waals surface area contributed by atoms with Crippen LogP contribution in [0.3, 0.4) is 0 Å². The molecule has 0 atom stereocenters. The van der Waals surface area contributed by atoms with Crippen molar-refractivity contribution in [3.8, 4) is 11.5 Å². The maximum atomic E-state index is 13.0. The van der Waals surface area contributed by atoms with Gasteiger partial charge in [0.25, 0.3) is 0 Å². The van der Waals surface area contributed by atoms with E-state index in [1.807, 2.05) is 0 Å². The molecule has 3 aromatic rings. The highest BCUT2D eigenvalue weighted by Gasteiger charge is 2.22. The summed E-state index contributed by atoms with van der Waals surface area (Å²) < 4.78 is 65.9. The van der Waals surface area contributed by atoms with E-state index in [1.165, 1.54) is 24.4 Å². The lowest BCUT2D eigenvalue weighted by Crippen LogP contribution is -2.24. The minimum Gasteiger partial charge on any atom is -0.456 e. The van der Waals surface area contributed by atoms with Crippen LogP contribution < -0.4 is 14.4 Å². The second-order valence-corrected chi connectivity index (χ2v) is 9.45. The molecule has 3 rings (SSSR count). The molecule has 0 amide bonds. The van der Waals surface area contributed by atoms with Crippen molar-refractivity contribution in [1.29, 1.82) is 0 Å². The summed E-state index contributed by atoms with van der Waals surface area (Å²) >= 11 is 12.3. The van der Waals surface area contributed by atoms with Crippen molar-refractivity contribution in [2.75, 3.05) is 4.90 Å². The number of rotatable bonds is 9. The van der Waals surface area contributed by atoms with E-state index in [0.29, 0.717) is 16.4 Å². The molecule has 0 radical (unpaired) electrons. The Hall–Kier alpha value is -3.24. The standard InChI is InChI=1S/C25H22Cl2F4N2O4/c1-25(2,3)37-22(34)14-5-4-6-16(9-14)33(13-19-18(27)10-15(26)12-32-19)17-7-8-20(35-23(28)29)21(11-17)36-24(30)31/h4-12,23-24H,13H2,1-3H3. The highest BCUT2D eigenvalue weighted by Crippen LogP contribution is 2.38. The fourth-order valence-corrected chi connectivity index (χ4v) is 3.66. The number of pyridine rings is 1. The van der Waals surface area contributed by atoms with Crippen LogP contribution in [-0.2, 0) is 11.3 Å². The number of carbonyl (C=O) groups excluding carboxylic acids is 1. The minimum atomic E-state index is -3.30. The maximum absolute atomic E-state index is 13.0. The van der Waals surface area contributed by atoms with Crippen molar-refractivity contribution in [1.82, 2.24) is 4.98 Å². The van der Waals surface area contributed by atoms with Gasteiger partial charge in [-0.25, -0.2) is 4.79 Å². The van der Waals surface area contributed by atoms with E-state index in [0.717, 1.165) is 12.1 Å². The third kappa shape index (κ3) is 8.13. The number of ether oxygens (including phenoxy) is 3. The Morgan fingerprint density at radius 2 is 1.59 bits per heavy atom. The smallest absolute Gasteiger partial charge is 0.387 e. The first-order chi connectivity index (χ1) is 17.3. The molecular weight excluding hydrogens is 539 g/mol. The molecule has 0 N–H and O–H groups in total. The van der Waals surface area contributed by atoms with Crippen LogP contribution >= 0.6 is 23.2 Å². The van der Waals surface area contributed by atoms with Gasteiger partial charge in [-0.3, -0.25) is 4.98 Å². The van der Waals surface area contributed by atoms with Crippen molar-refractivity contribution < 1.29 is 36.6 Å². The average Bonchev–Trinajstić information content (AvgIpc) is 2.78. The molecule has 0 spiro atoms. The molecular formula is C25H22Cl2F4N2O4. The van der Waals surface area contributed by atoms with E-state index in [4.69, 9.17) is 27.9 Å². The first kappa shape index (κ1) is 28.3. The van der Waals surface area contributed by atoms with Crippen LogP contribution in [-0.4, -0.2) is 29.8 Å². The van der Waals surface area contributed by atoms with Crippen LogP contribution in [0.5, 0.6) is 11.5 Å². The topological polar surface area (TPSA) is 60.9 Å². The zero-order chi connectivity index (χ0) is 27.3. The molecule has 0 aliphatic carbocycles. The zero-order valence-corrected chi connectivity index (χ0v) is 21.4. The molecule has 0 saturated carbocycles. The normalized spacial score (nSPS) is 11.5. The Balaban J connectivity index is 2.11. The fourth-order valence-electron chi connectivity index (χ4n) is 3.22. The fraction of sp³-hybridized carbons (Fsp3) is 0.280. The largest absolute Gasteiger partial charge is 0.456 e. The molecule has 1 heterocycles. The summed E-state index contributed by atoms with van der Waals surface area (Å²) in [6.07, 6.45) is 1.38. The van der Waals surface area contributed by atoms with Crippen molar-refractivity contribution in [3.63, 3.8) is 0 Å². The van der Waals surface area contributed by atoms with Crippen molar-refractivity contribution in [3.05, 3.63) is 76.0 Å². The number of esters is 1. The second-order valence-electron chi connectivity index (χ2n) is 8.61. The van der Waals surface area contributed by atoms with Gasteiger partial charge in [0, 0.05) is 23.6 Å². The lowest BCUT2D eigenvalue weighted by molar-refractivity contribution is -0.0692. The van der Waals surface area contributed by atoms with E-state index in [1.54, 1.807) is 43.9 Å². The van der Waals surface area contributed by atoms with Crippen molar-refractivity contribution in [2.45, 2.75) is 46.1 Å². The van der Waals surface area contributed by atoms with Crippen molar-refractivity contribution >= 4 is 40.5 Å². The summed E-state index contributed by atoms with van der Waals surface area (Å²) in [5, 5.41) is 0.524. The number of nitrogens with zero attached hydrogens (tertiary/aromatic N) is 2. The molecule has 12 heteroatoms. The van der Waals surface area contributed by atoms with Gasteiger partial charge in [0.15, 0.2) is 11.5 Å². The number of benzene rings is 2. The van der Waals surface area contributed by atoms with Crippen LogP contribution in [0, 0.1) is 0 Å². The quantitative estimate of drug-likeness (QED) is 0.196. The highest BCUT2D eigenvalue weighted by molar-refractivity contribution is 6.34. The predicted molar refractivity (Wildman–Crippen MR) is 131 cm³/mol. The Morgan fingerprint density at radius 3 is 2.22 bits per heavy atom. The Labute approximate surface area is 220 Å². The molecule has 1 aromatic heterocycles. The lowest BCUT2D eigenvalue weighted by Gasteiger charge is -2.27. The highest BCUT2D eigenvalue weighted by atomic mass is 35.5.